The lowest BCUT2D eigenvalue weighted by Gasteiger charge is -2.17. The van der Waals surface area contributed by atoms with Crippen LogP contribution in [0, 0.1) is 11.7 Å². The van der Waals surface area contributed by atoms with E-state index in [-0.39, 0.29) is 21.4 Å². The first-order chi connectivity index (χ1) is 9.44. The van der Waals surface area contributed by atoms with E-state index in [4.69, 9.17) is 4.74 Å². The van der Waals surface area contributed by atoms with E-state index >= 15 is 0 Å². The molecule has 1 saturated heterocycles. The Balaban J connectivity index is 2.05. The van der Waals surface area contributed by atoms with E-state index in [0.29, 0.717) is 13.2 Å². The molecule has 2 unspecified atom stereocenters. The van der Waals surface area contributed by atoms with Crippen LogP contribution in [0.2, 0.25) is 0 Å². The molecule has 1 heterocycles. The van der Waals surface area contributed by atoms with Gasteiger partial charge in [0.05, 0.1) is 15.5 Å². The molecule has 0 saturated carbocycles. The van der Waals surface area contributed by atoms with Gasteiger partial charge in [0.2, 0.25) is 10.0 Å². The second-order valence-corrected chi connectivity index (χ2v) is 7.42. The van der Waals surface area contributed by atoms with Gasteiger partial charge in [0.1, 0.15) is 5.82 Å². The first-order valence-electron chi connectivity index (χ1n) is 6.50. The summed E-state index contributed by atoms with van der Waals surface area (Å²) < 4.78 is 45.9. The van der Waals surface area contributed by atoms with Crippen LogP contribution in [0.1, 0.15) is 19.8 Å². The number of benzene rings is 1. The zero-order valence-electron chi connectivity index (χ0n) is 11.1. The first-order valence-corrected chi connectivity index (χ1v) is 8.78. The maximum atomic E-state index is 13.4. The van der Waals surface area contributed by atoms with Crippen LogP contribution in [-0.4, -0.2) is 27.7 Å². The van der Waals surface area contributed by atoms with E-state index in [1.165, 1.54) is 12.1 Å². The second kappa shape index (κ2) is 6.51. The number of hydrogen-bond donors (Lipinski definition) is 1. The normalized spacial score (nSPS) is 23.1. The molecule has 1 aliphatic heterocycles. The molecule has 4 nitrogen and oxygen atoms in total. The Morgan fingerprint density at radius 3 is 2.90 bits per heavy atom. The van der Waals surface area contributed by atoms with Crippen molar-refractivity contribution in [2.24, 2.45) is 5.92 Å². The number of sulfonamides is 1. The van der Waals surface area contributed by atoms with Crippen LogP contribution >= 0.6 is 15.9 Å². The molecular weight excluding hydrogens is 349 g/mol. The van der Waals surface area contributed by atoms with Crippen LogP contribution in [-0.2, 0) is 14.8 Å². The smallest absolute Gasteiger partial charge is 0.240 e. The predicted molar refractivity (Wildman–Crippen MR) is 77.4 cm³/mol. The molecule has 2 rings (SSSR count). The van der Waals surface area contributed by atoms with Gasteiger partial charge in [-0.2, -0.15) is 0 Å². The highest BCUT2D eigenvalue weighted by Gasteiger charge is 2.28. The maximum Gasteiger partial charge on any atom is 0.240 e. The molecule has 0 amide bonds. The largest absolute Gasteiger partial charge is 0.378 e. The number of hydrogen-bond acceptors (Lipinski definition) is 3. The molecule has 0 aliphatic carbocycles. The average Bonchev–Trinajstić information content (AvgIpc) is 2.87. The molecule has 1 aromatic rings. The van der Waals surface area contributed by atoms with Gasteiger partial charge in [0, 0.05) is 19.1 Å². The third-order valence-electron chi connectivity index (χ3n) is 3.49. The van der Waals surface area contributed by atoms with E-state index in [2.05, 4.69) is 20.7 Å². The van der Waals surface area contributed by atoms with Gasteiger partial charge in [0.15, 0.2) is 0 Å². The fourth-order valence-electron chi connectivity index (χ4n) is 2.32. The maximum absolute atomic E-state index is 13.4. The highest BCUT2D eigenvalue weighted by Crippen LogP contribution is 2.24. The zero-order valence-corrected chi connectivity index (χ0v) is 13.5. The summed E-state index contributed by atoms with van der Waals surface area (Å²) in [6, 6.07) is 3.77. The SMILES string of the molecule is CCC1OCCC1CNS(=O)(=O)c1ccc(Br)c(F)c1. The van der Waals surface area contributed by atoms with E-state index in [1.54, 1.807) is 0 Å². The van der Waals surface area contributed by atoms with Crippen molar-refractivity contribution < 1.29 is 17.5 Å². The molecule has 0 spiro atoms. The average molecular weight is 366 g/mol. The number of halogens is 2. The molecule has 1 N–H and O–H groups in total. The molecule has 1 aromatic carbocycles. The van der Waals surface area contributed by atoms with Crippen LogP contribution in [0.15, 0.2) is 27.6 Å². The van der Waals surface area contributed by atoms with Gasteiger partial charge >= 0.3 is 0 Å². The first kappa shape index (κ1) is 15.9. The molecule has 1 aliphatic rings. The van der Waals surface area contributed by atoms with Crippen LogP contribution < -0.4 is 4.72 Å². The molecule has 0 aromatic heterocycles. The number of rotatable bonds is 5. The van der Waals surface area contributed by atoms with Crippen LogP contribution in [0.4, 0.5) is 4.39 Å². The van der Waals surface area contributed by atoms with Gasteiger partial charge in [-0.1, -0.05) is 6.92 Å². The molecule has 112 valence electrons. The summed E-state index contributed by atoms with van der Waals surface area (Å²) in [5.41, 5.74) is 0. The molecule has 7 heteroatoms. The van der Waals surface area contributed by atoms with Gasteiger partial charge in [-0.25, -0.2) is 17.5 Å². The van der Waals surface area contributed by atoms with Gasteiger partial charge < -0.3 is 4.74 Å². The quantitative estimate of drug-likeness (QED) is 0.872. The summed E-state index contributed by atoms with van der Waals surface area (Å²) in [5, 5.41) is 0. The van der Waals surface area contributed by atoms with Crippen molar-refractivity contribution >= 4 is 26.0 Å². The third-order valence-corrected chi connectivity index (χ3v) is 5.55. The number of nitrogens with one attached hydrogen (secondary N) is 1. The molecule has 20 heavy (non-hydrogen) atoms. The highest BCUT2D eigenvalue weighted by molar-refractivity contribution is 9.10. The Labute approximate surface area is 126 Å². The van der Waals surface area contributed by atoms with Crippen molar-refractivity contribution in [2.45, 2.75) is 30.8 Å². The van der Waals surface area contributed by atoms with Crippen molar-refractivity contribution in [1.29, 1.82) is 0 Å². The lowest BCUT2D eigenvalue weighted by molar-refractivity contribution is 0.0884. The summed E-state index contributed by atoms with van der Waals surface area (Å²) in [6.07, 6.45) is 1.80. The Morgan fingerprint density at radius 1 is 1.50 bits per heavy atom. The van der Waals surface area contributed by atoms with Crippen LogP contribution in [0.3, 0.4) is 0 Å². The summed E-state index contributed by atoms with van der Waals surface area (Å²) in [7, 11) is -3.69. The van der Waals surface area contributed by atoms with Crippen molar-refractivity contribution in [2.75, 3.05) is 13.2 Å². The molecule has 2 atom stereocenters. The summed E-state index contributed by atoms with van der Waals surface area (Å²) >= 11 is 3.00. The lowest BCUT2D eigenvalue weighted by Crippen LogP contribution is -2.32. The molecular formula is C13H17BrFNO3S. The Bertz CT molecular complexity index is 579. The van der Waals surface area contributed by atoms with Gasteiger partial charge in [-0.15, -0.1) is 0 Å². The molecule has 0 radical (unpaired) electrons. The Hall–Kier alpha value is -0.500. The summed E-state index contributed by atoms with van der Waals surface area (Å²) in [4.78, 5) is -0.0647. The molecule has 1 fully saturated rings. The minimum Gasteiger partial charge on any atom is -0.378 e. The van der Waals surface area contributed by atoms with Crippen molar-refractivity contribution in [3.8, 4) is 0 Å². The van der Waals surface area contributed by atoms with Crippen LogP contribution in [0.5, 0.6) is 0 Å². The highest BCUT2D eigenvalue weighted by atomic mass is 79.9. The Kier molecular flexibility index (Phi) is 5.17. The van der Waals surface area contributed by atoms with Gasteiger partial charge in [-0.05, 0) is 47.0 Å². The standard InChI is InChI=1S/C13H17BrFNO3S/c1-2-13-9(5-6-19-13)8-16-20(17,18)10-3-4-11(14)12(15)7-10/h3-4,7,9,13,16H,2,5-6,8H2,1H3. The van der Waals surface area contributed by atoms with Gasteiger partial charge in [0.25, 0.3) is 0 Å². The predicted octanol–water partition coefficient (Wildman–Crippen LogP) is 2.68. The lowest BCUT2D eigenvalue weighted by atomic mass is 10.0. The van der Waals surface area contributed by atoms with Crippen molar-refractivity contribution in [3.05, 3.63) is 28.5 Å². The fourth-order valence-corrected chi connectivity index (χ4v) is 3.67. The summed E-state index contributed by atoms with van der Waals surface area (Å²) in [5.74, 6) is -0.418. The van der Waals surface area contributed by atoms with E-state index < -0.39 is 15.8 Å². The molecule has 0 bridgehead atoms. The van der Waals surface area contributed by atoms with E-state index in [0.717, 1.165) is 18.9 Å². The third kappa shape index (κ3) is 3.58. The van der Waals surface area contributed by atoms with Crippen LogP contribution in [0.25, 0.3) is 0 Å². The minimum atomic E-state index is -3.69. The van der Waals surface area contributed by atoms with Crippen molar-refractivity contribution in [1.82, 2.24) is 4.72 Å². The summed E-state index contributed by atoms with van der Waals surface area (Å²) in [6.45, 7) is 3.00. The number of ether oxygens (including phenoxy) is 1. The van der Waals surface area contributed by atoms with Crippen molar-refractivity contribution in [3.63, 3.8) is 0 Å². The zero-order chi connectivity index (χ0) is 14.8. The fraction of sp³-hybridized carbons (Fsp3) is 0.538. The topological polar surface area (TPSA) is 55.4 Å². The van der Waals surface area contributed by atoms with E-state index in [1.807, 2.05) is 6.92 Å². The minimum absolute atomic E-state index is 0.0647. The Morgan fingerprint density at radius 2 is 2.25 bits per heavy atom. The second-order valence-electron chi connectivity index (χ2n) is 4.79. The van der Waals surface area contributed by atoms with E-state index in [9.17, 15) is 12.8 Å². The van der Waals surface area contributed by atoms with Gasteiger partial charge in [-0.3, -0.25) is 0 Å². The monoisotopic (exact) mass is 365 g/mol.